The Morgan fingerprint density at radius 3 is 3.03 bits per heavy atom. The van der Waals surface area contributed by atoms with Gasteiger partial charge in [0, 0.05) is 31.1 Å². The number of aromatic nitrogens is 4. The lowest BCUT2D eigenvalue weighted by molar-refractivity contribution is -0.121. The molecule has 1 aliphatic rings. The van der Waals surface area contributed by atoms with E-state index < -0.39 is 0 Å². The summed E-state index contributed by atoms with van der Waals surface area (Å²) < 4.78 is 14.3. The Morgan fingerprint density at radius 1 is 1.41 bits per heavy atom. The molecule has 0 bridgehead atoms. The van der Waals surface area contributed by atoms with Gasteiger partial charge in [0.2, 0.25) is 5.91 Å². The second-order valence-electron chi connectivity index (χ2n) is 7.09. The van der Waals surface area contributed by atoms with Crippen LogP contribution in [-0.2, 0) is 31.4 Å². The number of carbonyl (C=O) groups excluding carboxylic acids is 1. The first-order valence-electron chi connectivity index (χ1n) is 9.55. The second-order valence-corrected chi connectivity index (χ2v) is 7.09. The molecular formula is C20H23N5O4. The molecule has 1 unspecified atom stereocenters. The van der Waals surface area contributed by atoms with E-state index in [1.54, 1.807) is 7.05 Å². The Morgan fingerprint density at radius 2 is 2.24 bits per heavy atom. The van der Waals surface area contributed by atoms with E-state index in [4.69, 9.17) is 9.47 Å². The van der Waals surface area contributed by atoms with Crippen molar-refractivity contribution in [1.82, 2.24) is 24.6 Å². The van der Waals surface area contributed by atoms with Crippen LogP contribution < -0.4 is 20.3 Å². The van der Waals surface area contributed by atoms with Gasteiger partial charge in [-0.15, -0.1) is 0 Å². The first-order valence-corrected chi connectivity index (χ1v) is 9.55. The van der Waals surface area contributed by atoms with Crippen LogP contribution in [0.25, 0.3) is 11.0 Å². The predicted molar refractivity (Wildman–Crippen MR) is 106 cm³/mol. The van der Waals surface area contributed by atoms with E-state index in [1.165, 1.54) is 21.8 Å². The monoisotopic (exact) mass is 397 g/mol. The van der Waals surface area contributed by atoms with Gasteiger partial charge in [-0.25, -0.2) is 4.98 Å². The van der Waals surface area contributed by atoms with Crippen LogP contribution in [0.2, 0.25) is 0 Å². The summed E-state index contributed by atoms with van der Waals surface area (Å²) in [7, 11) is 1.71. The van der Waals surface area contributed by atoms with Gasteiger partial charge in [0.25, 0.3) is 5.56 Å². The van der Waals surface area contributed by atoms with Crippen molar-refractivity contribution in [3.63, 3.8) is 0 Å². The molecule has 29 heavy (non-hydrogen) atoms. The average Bonchev–Trinajstić information content (AvgIpc) is 3.24. The highest BCUT2D eigenvalue weighted by Crippen LogP contribution is 2.35. The predicted octanol–water partition coefficient (Wildman–Crippen LogP) is 1.17. The molecule has 0 radical (unpaired) electrons. The minimum Gasteiger partial charge on any atom is -0.494 e. The minimum atomic E-state index is -0.298. The van der Waals surface area contributed by atoms with Gasteiger partial charge in [-0.3, -0.25) is 18.8 Å². The lowest BCUT2D eigenvalue weighted by Crippen LogP contribution is -2.32. The molecule has 0 spiro atoms. The fraction of sp³-hybridized carbons (Fsp3) is 0.400. The molecule has 152 valence electrons. The third-order valence-corrected chi connectivity index (χ3v) is 4.89. The summed E-state index contributed by atoms with van der Waals surface area (Å²) in [6.07, 6.45) is 3.79. The molecule has 1 amide bonds. The molecule has 1 atom stereocenters. The first-order chi connectivity index (χ1) is 14.0. The zero-order chi connectivity index (χ0) is 20.5. The summed E-state index contributed by atoms with van der Waals surface area (Å²) in [4.78, 5) is 29.1. The third kappa shape index (κ3) is 3.67. The molecule has 0 fully saturated rings. The highest BCUT2D eigenvalue weighted by atomic mass is 16.5. The average molecular weight is 397 g/mol. The largest absolute Gasteiger partial charge is 0.494 e. The third-order valence-electron chi connectivity index (χ3n) is 4.89. The van der Waals surface area contributed by atoms with Crippen molar-refractivity contribution in [1.29, 1.82) is 0 Å². The van der Waals surface area contributed by atoms with E-state index in [1.807, 2.05) is 26.0 Å². The van der Waals surface area contributed by atoms with Crippen LogP contribution in [0.1, 0.15) is 25.0 Å². The van der Waals surface area contributed by atoms with Crippen LogP contribution in [-0.4, -0.2) is 37.9 Å². The maximum absolute atomic E-state index is 12.5. The standard InChI is InChI=1S/C20H23N5O4/c1-4-28-16-6-13-5-12(2)29-17(13)7-14(16)8-21-18(26)10-25-11-22-19-15(20(25)27)9-23-24(19)3/h6-7,9,11-12H,4-5,8,10H2,1-3H3,(H,21,26). The lowest BCUT2D eigenvalue weighted by atomic mass is 10.1. The highest BCUT2D eigenvalue weighted by molar-refractivity contribution is 5.77. The maximum Gasteiger partial charge on any atom is 0.264 e. The molecule has 0 saturated carbocycles. The molecule has 2 aromatic heterocycles. The first kappa shape index (κ1) is 19.0. The lowest BCUT2D eigenvalue weighted by Gasteiger charge is -2.13. The highest BCUT2D eigenvalue weighted by Gasteiger charge is 2.22. The van der Waals surface area contributed by atoms with Crippen molar-refractivity contribution < 1.29 is 14.3 Å². The van der Waals surface area contributed by atoms with Crippen molar-refractivity contribution in [2.45, 2.75) is 39.5 Å². The van der Waals surface area contributed by atoms with E-state index in [2.05, 4.69) is 15.4 Å². The second kappa shape index (κ2) is 7.57. The fourth-order valence-corrected chi connectivity index (χ4v) is 3.49. The van der Waals surface area contributed by atoms with Gasteiger partial charge in [-0.1, -0.05) is 0 Å². The molecule has 9 heteroatoms. The Bertz CT molecular complexity index is 1130. The van der Waals surface area contributed by atoms with Crippen LogP contribution in [0, 0.1) is 0 Å². The van der Waals surface area contributed by atoms with Crippen LogP contribution in [0.5, 0.6) is 11.5 Å². The van der Waals surface area contributed by atoms with Crippen LogP contribution in [0.4, 0.5) is 0 Å². The Labute approximate surface area is 167 Å². The Balaban J connectivity index is 1.48. The number of ether oxygens (including phenoxy) is 2. The number of carbonyl (C=O) groups is 1. The number of nitrogens with one attached hydrogen (secondary N) is 1. The van der Waals surface area contributed by atoms with Crippen molar-refractivity contribution in [2.75, 3.05) is 6.61 Å². The summed E-state index contributed by atoms with van der Waals surface area (Å²) >= 11 is 0. The van der Waals surface area contributed by atoms with Crippen molar-refractivity contribution >= 4 is 16.9 Å². The number of aryl methyl sites for hydroxylation is 1. The smallest absolute Gasteiger partial charge is 0.264 e. The molecule has 0 aliphatic carbocycles. The van der Waals surface area contributed by atoms with Gasteiger partial charge in [-0.05, 0) is 26.0 Å². The molecule has 4 rings (SSSR count). The zero-order valence-electron chi connectivity index (χ0n) is 16.6. The molecule has 9 nitrogen and oxygen atoms in total. The Kier molecular flexibility index (Phi) is 4.96. The van der Waals surface area contributed by atoms with Gasteiger partial charge in [0.05, 0.1) is 12.8 Å². The van der Waals surface area contributed by atoms with Crippen molar-refractivity contribution in [3.8, 4) is 11.5 Å². The van der Waals surface area contributed by atoms with Gasteiger partial charge < -0.3 is 14.8 Å². The molecule has 1 aliphatic heterocycles. The number of rotatable bonds is 6. The Hall–Kier alpha value is -3.36. The van der Waals surface area contributed by atoms with E-state index in [0.717, 1.165) is 29.0 Å². The summed E-state index contributed by atoms with van der Waals surface area (Å²) in [5.41, 5.74) is 2.13. The summed E-state index contributed by atoms with van der Waals surface area (Å²) in [5.74, 6) is 1.27. The number of amides is 1. The van der Waals surface area contributed by atoms with Crippen LogP contribution in [0.15, 0.2) is 29.5 Å². The van der Waals surface area contributed by atoms with E-state index in [9.17, 15) is 9.59 Å². The molecule has 3 heterocycles. The SMILES string of the molecule is CCOc1cc2c(cc1CNC(=O)Cn1cnc3c(cnn3C)c1=O)OC(C)C2. The number of nitrogens with zero attached hydrogens (tertiary/aromatic N) is 4. The minimum absolute atomic E-state index is 0.126. The van der Waals surface area contributed by atoms with Gasteiger partial charge in [0.15, 0.2) is 5.65 Å². The van der Waals surface area contributed by atoms with Gasteiger partial charge >= 0.3 is 0 Å². The molecule has 1 aromatic carbocycles. The van der Waals surface area contributed by atoms with Crippen molar-refractivity contribution in [3.05, 3.63) is 46.1 Å². The zero-order valence-corrected chi connectivity index (χ0v) is 16.6. The quantitative estimate of drug-likeness (QED) is 0.670. The maximum atomic E-state index is 12.5. The number of hydrogen-bond acceptors (Lipinski definition) is 6. The topological polar surface area (TPSA) is 100 Å². The van der Waals surface area contributed by atoms with Crippen LogP contribution >= 0.6 is 0 Å². The number of benzene rings is 1. The van der Waals surface area contributed by atoms with E-state index in [-0.39, 0.29) is 30.7 Å². The summed E-state index contributed by atoms with van der Waals surface area (Å²) in [5, 5.41) is 7.26. The molecule has 3 aromatic rings. The van der Waals surface area contributed by atoms with E-state index >= 15 is 0 Å². The van der Waals surface area contributed by atoms with E-state index in [0.29, 0.717) is 17.6 Å². The fourth-order valence-electron chi connectivity index (χ4n) is 3.49. The summed E-state index contributed by atoms with van der Waals surface area (Å²) in [6, 6.07) is 3.90. The van der Waals surface area contributed by atoms with Crippen LogP contribution in [0.3, 0.4) is 0 Å². The van der Waals surface area contributed by atoms with Crippen molar-refractivity contribution in [2.24, 2.45) is 7.05 Å². The number of fused-ring (bicyclic) bond motifs is 2. The molecular weight excluding hydrogens is 374 g/mol. The van der Waals surface area contributed by atoms with Gasteiger partial charge in [0.1, 0.15) is 35.9 Å². The molecule has 1 N–H and O–H groups in total. The molecule has 0 saturated heterocycles. The number of hydrogen-bond donors (Lipinski definition) is 1. The normalized spacial score (nSPS) is 15.2. The summed E-state index contributed by atoms with van der Waals surface area (Å²) in [6.45, 7) is 4.62. The van der Waals surface area contributed by atoms with Gasteiger partial charge in [-0.2, -0.15) is 5.10 Å².